The molecule has 19 heavy (non-hydrogen) atoms. The van der Waals surface area contributed by atoms with Crippen LogP contribution >= 0.6 is 15.9 Å². The minimum Gasteiger partial charge on any atom is -0.497 e. The second-order valence-corrected chi connectivity index (χ2v) is 4.63. The predicted molar refractivity (Wildman–Crippen MR) is 73.7 cm³/mol. The van der Waals surface area contributed by atoms with E-state index in [1.165, 1.54) is 6.26 Å². The number of rotatable bonds is 5. The van der Waals surface area contributed by atoms with E-state index in [-0.39, 0.29) is 5.76 Å². The molecule has 2 aromatic rings. The molecule has 0 amide bonds. The summed E-state index contributed by atoms with van der Waals surface area (Å²) in [5.74, 6) is -0.408. The molecule has 2 N–H and O–H groups in total. The molecule has 6 heteroatoms. The fourth-order valence-corrected chi connectivity index (χ4v) is 2.01. The summed E-state index contributed by atoms with van der Waals surface area (Å²) < 4.78 is 10.9. The second kappa shape index (κ2) is 5.79. The lowest BCUT2D eigenvalue weighted by Crippen LogP contribution is -2.05. The van der Waals surface area contributed by atoms with Crippen molar-refractivity contribution < 1.29 is 19.1 Å². The smallest absolute Gasteiger partial charge is 0.372 e. The lowest BCUT2D eigenvalue weighted by atomic mass is 10.2. The van der Waals surface area contributed by atoms with Crippen molar-refractivity contribution in [3.05, 3.63) is 46.3 Å². The van der Waals surface area contributed by atoms with Crippen molar-refractivity contribution in [2.24, 2.45) is 0 Å². The molecule has 0 saturated heterocycles. The van der Waals surface area contributed by atoms with Gasteiger partial charge in [0, 0.05) is 22.6 Å². The maximum Gasteiger partial charge on any atom is 0.372 e. The van der Waals surface area contributed by atoms with Crippen LogP contribution in [0.3, 0.4) is 0 Å². The minimum absolute atomic E-state index is 0.0495. The van der Waals surface area contributed by atoms with Gasteiger partial charge in [-0.2, -0.15) is 0 Å². The summed E-state index contributed by atoms with van der Waals surface area (Å²) >= 11 is 3.41. The van der Waals surface area contributed by atoms with Gasteiger partial charge in [-0.15, -0.1) is 0 Å². The molecule has 0 radical (unpaired) electrons. The van der Waals surface area contributed by atoms with Crippen LogP contribution in [0.4, 0.5) is 5.69 Å². The average Bonchev–Trinajstić information content (AvgIpc) is 2.86. The van der Waals surface area contributed by atoms with Crippen LogP contribution in [0.5, 0.6) is 5.75 Å². The van der Waals surface area contributed by atoms with E-state index in [1.807, 2.05) is 18.2 Å². The molecule has 0 aliphatic rings. The third kappa shape index (κ3) is 3.08. The summed E-state index contributed by atoms with van der Waals surface area (Å²) in [5, 5.41) is 12.1. The lowest BCUT2D eigenvalue weighted by molar-refractivity contribution is 0.0661. The Morgan fingerprint density at radius 2 is 2.26 bits per heavy atom. The number of nitrogens with one attached hydrogen (secondary N) is 1. The number of carboxylic acids is 1. The first-order valence-corrected chi connectivity index (χ1v) is 6.28. The molecule has 0 unspecified atom stereocenters. The van der Waals surface area contributed by atoms with Crippen LogP contribution in [0, 0.1) is 0 Å². The molecule has 0 aliphatic carbocycles. The van der Waals surface area contributed by atoms with Crippen molar-refractivity contribution in [3.8, 4) is 5.75 Å². The third-order valence-corrected chi connectivity index (χ3v) is 3.28. The van der Waals surface area contributed by atoms with Crippen LogP contribution in [0.2, 0.25) is 0 Å². The van der Waals surface area contributed by atoms with E-state index in [4.69, 9.17) is 14.3 Å². The van der Waals surface area contributed by atoms with Crippen LogP contribution in [0.15, 0.2) is 39.4 Å². The highest BCUT2D eigenvalue weighted by atomic mass is 79.9. The molecule has 0 fully saturated rings. The largest absolute Gasteiger partial charge is 0.497 e. The highest BCUT2D eigenvalue weighted by Crippen LogP contribution is 2.27. The number of aromatic carboxylic acids is 1. The number of carboxylic acid groups (broad SMARTS) is 1. The van der Waals surface area contributed by atoms with Gasteiger partial charge >= 0.3 is 5.97 Å². The quantitative estimate of drug-likeness (QED) is 0.881. The average molecular weight is 326 g/mol. The standard InChI is InChI=1S/C13H12BrNO4/c1-18-9-2-3-10(14)11(6-9)15-7-8-4-5-19-12(8)13(16)17/h2-6,15H,7H2,1H3,(H,16,17). The lowest BCUT2D eigenvalue weighted by Gasteiger charge is -2.09. The SMILES string of the molecule is COc1ccc(Br)c(NCc2ccoc2C(=O)O)c1. The predicted octanol–water partition coefficient (Wildman–Crippen LogP) is 3.36. The molecule has 2 rings (SSSR count). The number of carbonyl (C=O) groups is 1. The van der Waals surface area contributed by atoms with Gasteiger partial charge in [-0.05, 0) is 34.1 Å². The Kier molecular flexibility index (Phi) is 4.11. The number of ether oxygens (including phenoxy) is 1. The third-order valence-electron chi connectivity index (χ3n) is 2.58. The molecular formula is C13H12BrNO4. The van der Waals surface area contributed by atoms with Crippen molar-refractivity contribution in [1.29, 1.82) is 0 Å². The van der Waals surface area contributed by atoms with Crippen molar-refractivity contribution in [3.63, 3.8) is 0 Å². The summed E-state index contributed by atoms with van der Waals surface area (Å²) in [4.78, 5) is 10.9. The highest BCUT2D eigenvalue weighted by Gasteiger charge is 2.13. The van der Waals surface area contributed by atoms with Crippen LogP contribution in [-0.2, 0) is 6.54 Å². The molecular weight excluding hydrogens is 314 g/mol. The Hall–Kier alpha value is -1.95. The Morgan fingerprint density at radius 1 is 1.47 bits per heavy atom. The van der Waals surface area contributed by atoms with E-state index >= 15 is 0 Å². The molecule has 0 aliphatic heterocycles. The number of hydrogen-bond acceptors (Lipinski definition) is 4. The van der Waals surface area contributed by atoms with Gasteiger partial charge in [-0.3, -0.25) is 0 Å². The Labute approximate surface area is 118 Å². The van der Waals surface area contributed by atoms with E-state index < -0.39 is 5.97 Å². The molecule has 1 heterocycles. The van der Waals surface area contributed by atoms with E-state index in [0.29, 0.717) is 12.1 Å². The summed E-state index contributed by atoms with van der Waals surface area (Å²) in [6.45, 7) is 0.351. The molecule has 5 nitrogen and oxygen atoms in total. The maximum absolute atomic E-state index is 10.9. The van der Waals surface area contributed by atoms with Gasteiger partial charge < -0.3 is 19.6 Å². The summed E-state index contributed by atoms with van der Waals surface area (Å²) in [6.07, 6.45) is 1.36. The number of furan rings is 1. The van der Waals surface area contributed by atoms with Gasteiger partial charge in [0.05, 0.1) is 19.1 Å². The van der Waals surface area contributed by atoms with Crippen LogP contribution in [0.25, 0.3) is 0 Å². The monoisotopic (exact) mass is 325 g/mol. The number of methoxy groups -OCH3 is 1. The Balaban J connectivity index is 2.14. The minimum atomic E-state index is -1.08. The van der Waals surface area contributed by atoms with Gasteiger partial charge in [-0.25, -0.2) is 4.79 Å². The van der Waals surface area contributed by atoms with Gasteiger partial charge in [0.2, 0.25) is 5.76 Å². The van der Waals surface area contributed by atoms with Crippen LogP contribution in [-0.4, -0.2) is 18.2 Å². The number of anilines is 1. The van der Waals surface area contributed by atoms with Crippen LogP contribution < -0.4 is 10.1 Å². The molecule has 100 valence electrons. The normalized spacial score (nSPS) is 10.2. The van der Waals surface area contributed by atoms with E-state index in [2.05, 4.69) is 21.2 Å². The fraction of sp³-hybridized carbons (Fsp3) is 0.154. The zero-order valence-corrected chi connectivity index (χ0v) is 11.7. The summed E-state index contributed by atoms with van der Waals surface area (Å²) in [5.41, 5.74) is 1.40. The van der Waals surface area contributed by atoms with Gasteiger partial charge in [-0.1, -0.05) is 0 Å². The van der Waals surface area contributed by atoms with E-state index in [9.17, 15) is 4.79 Å². The van der Waals surface area contributed by atoms with Crippen molar-refractivity contribution in [2.75, 3.05) is 12.4 Å². The van der Waals surface area contributed by atoms with Crippen molar-refractivity contribution in [2.45, 2.75) is 6.54 Å². The van der Waals surface area contributed by atoms with Crippen molar-refractivity contribution >= 4 is 27.6 Å². The summed E-state index contributed by atoms with van der Waals surface area (Å²) in [7, 11) is 1.59. The first kappa shape index (κ1) is 13.5. The van der Waals surface area contributed by atoms with E-state index in [1.54, 1.807) is 13.2 Å². The number of halogens is 1. The molecule has 0 bridgehead atoms. The Bertz CT molecular complexity index is 594. The summed E-state index contributed by atoms with van der Waals surface area (Å²) in [6, 6.07) is 7.14. The number of benzene rings is 1. The zero-order valence-electron chi connectivity index (χ0n) is 10.1. The topological polar surface area (TPSA) is 71.7 Å². The zero-order chi connectivity index (χ0) is 13.8. The van der Waals surface area contributed by atoms with Crippen LogP contribution in [0.1, 0.15) is 16.1 Å². The Morgan fingerprint density at radius 3 is 2.95 bits per heavy atom. The van der Waals surface area contributed by atoms with Gasteiger partial charge in [0.1, 0.15) is 5.75 Å². The molecule has 1 aromatic heterocycles. The first-order chi connectivity index (χ1) is 9.11. The molecule has 0 atom stereocenters. The fourth-order valence-electron chi connectivity index (χ4n) is 1.62. The first-order valence-electron chi connectivity index (χ1n) is 5.49. The highest BCUT2D eigenvalue weighted by molar-refractivity contribution is 9.10. The van der Waals surface area contributed by atoms with Crippen molar-refractivity contribution in [1.82, 2.24) is 0 Å². The van der Waals surface area contributed by atoms with Gasteiger partial charge in [0.15, 0.2) is 0 Å². The molecule has 0 saturated carbocycles. The molecule has 1 aromatic carbocycles. The molecule has 0 spiro atoms. The van der Waals surface area contributed by atoms with Gasteiger partial charge in [0.25, 0.3) is 0 Å². The van der Waals surface area contributed by atoms with E-state index in [0.717, 1.165) is 15.9 Å². The number of hydrogen-bond donors (Lipinski definition) is 2. The maximum atomic E-state index is 10.9. The second-order valence-electron chi connectivity index (χ2n) is 3.78.